The zero-order valence-electron chi connectivity index (χ0n) is 33.1. The van der Waals surface area contributed by atoms with Crippen LogP contribution in [0.1, 0.15) is 81.8 Å². The number of ether oxygens (including phenoxy) is 1. The van der Waals surface area contributed by atoms with Crippen molar-refractivity contribution >= 4 is 51.9 Å². The van der Waals surface area contributed by atoms with Gasteiger partial charge in [-0.25, -0.2) is 9.78 Å². The van der Waals surface area contributed by atoms with Crippen LogP contribution in [-0.4, -0.2) is 83.7 Å². The standard InChI is InChI=1S/C44H51ClN8O4/c1-43(2)40(44(3,4)41(43)57-32-10-8-29(25-46)34(45)24-32)49-39(55)30-9-11-37(47-26-30)51-20-12-28(13-21-51)27-50-18-14-31(15-19-50)52-22-16-33-35(52)6-5-7-36(33)53-23-17-38(54)48-42(53)56/h5-11,16,22,24,26,28,31,40-41H,12-15,17-21,23,27H2,1-4H3,(H,49,55)(H,48,54,56). The molecule has 2 aromatic carbocycles. The second-order valence-electron chi connectivity index (χ2n) is 17.4. The third-order valence-electron chi connectivity index (χ3n) is 12.9. The summed E-state index contributed by atoms with van der Waals surface area (Å²) in [5.41, 5.74) is 2.21. The molecule has 12 nitrogen and oxygen atoms in total. The first-order valence-electron chi connectivity index (χ1n) is 20.1. The maximum absolute atomic E-state index is 13.5. The Morgan fingerprint density at radius 2 is 1.74 bits per heavy atom. The van der Waals surface area contributed by atoms with E-state index in [0.29, 0.717) is 46.8 Å². The molecule has 0 unspecified atom stereocenters. The first kappa shape index (κ1) is 38.7. The number of amides is 4. The Labute approximate surface area is 339 Å². The molecule has 2 N–H and O–H groups in total. The van der Waals surface area contributed by atoms with Crippen molar-refractivity contribution in [3.63, 3.8) is 0 Å². The third-order valence-corrected chi connectivity index (χ3v) is 13.2. The van der Waals surface area contributed by atoms with Crippen molar-refractivity contribution in [2.75, 3.05) is 49.1 Å². The number of piperidine rings is 2. The summed E-state index contributed by atoms with van der Waals surface area (Å²) in [6.07, 6.45) is 8.34. The number of hydrogen-bond donors (Lipinski definition) is 2. The van der Waals surface area contributed by atoms with Gasteiger partial charge in [0.15, 0.2) is 0 Å². The number of fused-ring (bicyclic) bond motifs is 1. The van der Waals surface area contributed by atoms with Gasteiger partial charge >= 0.3 is 6.03 Å². The number of likely N-dealkylation sites (tertiary alicyclic amines) is 1. The number of halogens is 1. The first-order valence-corrected chi connectivity index (χ1v) is 20.5. The lowest BCUT2D eigenvalue weighted by atomic mass is 9.49. The van der Waals surface area contributed by atoms with Crippen molar-refractivity contribution in [2.45, 2.75) is 78.0 Å². The van der Waals surface area contributed by atoms with Crippen LogP contribution in [0.4, 0.5) is 16.3 Å². The molecule has 3 aliphatic heterocycles. The van der Waals surface area contributed by atoms with Crippen LogP contribution in [0.3, 0.4) is 0 Å². The minimum absolute atomic E-state index is 0.131. The van der Waals surface area contributed by atoms with Crippen LogP contribution in [0, 0.1) is 28.1 Å². The van der Waals surface area contributed by atoms with E-state index in [1.54, 1.807) is 29.3 Å². The molecule has 0 bridgehead atoms. The molecule has 3 saturated heterocycles. The third kappa shape index (κ3) is 7.43. The summed E-state index contributed by atoms with van der Waals surface area (Å²) in [6.45, 7) is 13.9. The largest absolute Gasteiger partial charge is 0.489 e. The van der Waals surface area contributed by atoms with Gasteiger partial charge in [-0.2, -0.15) is 5.26 Å². The zero-order valence-corrected chi connectivity index (χ0v) is 33.9. The van der Waals surface area contributed by atoms with Gasteiger partial charge in [-0.1, -0.05) is 45.4 Å². The fourth-order valence-electron chi connectivity index (χ4n) is 10.1. The second kappa shape index (κ2) is 15.3. The summed E-state index contributed by atoms with van der Waals surface area (Å²) in [5, 5.41) is 16.3. The molecule has 4 aromatic rings. The van der Waals surface area contributed by atoms with Crippen molar-refractivity contribution in [2.24, 2.45) is 16.7 Å². The highest BCUT2D eigenvalue weighted by atomic mass is 35.5. The lowest BCUT2D eigenvalue weighted by molar-refractivity contribution is -0.164. The molecular formula is C44H51ClN8O4. The van der Waals surface area contributed by atoms with Gasteiger partial charge in [-0.05, 0) is 74.1 Å². The number of nitrogens with one attached hydrogen (secondary N) is 2. The van der Waals surface area contributed by atoms with Crippen LogP contribution in [-0.2, 0) is 4.79 Å². The fourth-order valence-corrected chi connectivity index (χ4v) is 10.3. The number of nitriles is 1. The molecular weight excluding hydrogens is 740 g/mol. The Morgan fingerprint density at radius 1 is 0.982 bits per heavy atom. The Bertz CT molecular complexity index is 2200. The van der Waals surface area contributed by atoms with Gasteiger partial charge in [0.2, 0.25) is 5.91 Å². The van der Waals surface area contributed by atoms with Crippen LogP contribution < -0.4 is 25.2 Å². The summed E-state index contributed by atoms with van der Waals surface area (Å²) >= 11 is 6.25. The topological polar surface area (TPSA) is 136 Å². The van der Waals surface area contributed by atoms with E-state index in [1.807, 2.05) is 24.3 Å². The second-order valence-corrected chi connectivity index (χ2v) is 17.8. The van der Waals surface area contributed by atoms with Gasteiger partial charge in [0.05, 0.1) is 27.4 Å². The molecule has 57 heavy (non-hydrogen) atoms. The molecule has 0 radical (unpaired) electrons. The number of carbonyl (C=O) groups is 3. The molecule has 13 heteroatoms. The van der Waals surface area contributed by atoms with Crippen molar-refractivity contribution in [1.82, 2.24) is 25.1 Å². The minimum atomic E-state index is -0.353. The van der Waals surface area contributed by atoms with E-state index < -0.39 is 0 Å². The van der Waals surface area contributed by atoms with Gasteiger partial charge in [0.1, 0.15) is 23.7 Å². The van der Waals surface area contributed by atoms with E-state index in [2.05, 4.69) is 77.1 Å². The monoisotopic (exact) mass is 790 g/mol. The molecule has 1 saturated carbocycles. The Hall–Kier alpha value is -5.12. The highest BCUT2D eigenvalue weighted by Crippen LogP contribution is 2.55. The van der Waals surface area contributed by atoms with Crippen LogP contribution >= 0.6 is 11.6 Å². The van der Waals surface area contributed by atoms with E-state index in [4.69, 9.17) is 21.3 Å². The van der Waals surface area contributed by atoms with Gasteiger partial charge in [-0.3, -0.25) is 19.8 Å². The fraction of sp³-hybridized carbons (Fsp3) is 0.477. The van der Waals surface area contributed by atoms with E-state index in [0.717, 1.165) is 80.8 Å². The molecule has 1 aliphatic carbocycles. The molecule has 2 aromatic heterocycles. The van der Waals surface area contributed by atoms with E-state index >= 15 is 0 Å². The number of pyridine rings is 1. The predicted octanol–water partition coefficient (Wildman–Crippen LogP) is 7.17. The molecule has 0 spiro atoms. The first-order chi connectivity index (χ1) is 27.3. The smallest absolute Gasteiger partial charge is 0.328 e. The quantitative estimate of drug-likeness (QED) is 0.182. The minimum Gasteiger partial charge on any atom is -0.489 e. The van der Waals surface area contributed by atoms with Gasteiger partial charge < -0.3 is 24.4 Å². The summed E-state index contributed by atoms with van der Waals surface area (Å²) in [5.74, 6) is 1.77. The highest BCUT2D eigenvalue weighted by molar-refractivity contribution is 6.31. The number of urea groups is 1. The number of nitrogens with zero attached hydrogens (tertiary/aromatic N) is 6. The number of carbonyl (C=O) groups excluding carboxylic acids is 3. The summed E-state index contributed by atoms with van der Waals surface area (Å²) in [7, 11) is 0. The van der Waals surface area contributed by atoms with E-state index in [1.165, 1.54) is 0 Å². The van der Waals surface area contributed by atoms with Crippen molar-refractivity contribution < 1.29 is 19.1 Å². The summed E-state index contributed by atoms with van der Waals surface area (Å²) in [4.78, 5) is 49.1. The normalized spacial score (nSPS) is 22.8. The van der Waals surface area contributed by atoms with Crippen LogP contribution in [0.2, 0.25) is 5.02 Å². The predicted molar refractivity (Wildman–Crippen MR) is 221 cm³/mol. The number of imide groups is 1. The van der Waals surface area contributed by atoms with Crippen LogP contribution in [0.25, 0.3) is 10.9 Å². The summed E-state index contributed by atoms with van der Waals surface area (Å²) < 4.78 is 8.76. The molecule has 8 rings (SSSR count). The average Bonchev–Trinajstić information content (AvgIpc) is 3.64. The Morgan fingerprint density at radius 3 is 2.40 bits per heavy atom. The lowest BCUT2D eigenvalue weighted by Crippen LogP contribution is -2.74. The van der Waals surface area contributed by atoms with Gasteiger partial charge in [0.25, 0.3) is 5.91 Å². The van der Waals surface area contributed by atoms with Gasteiger partial charge in [-0.15, -0.1) is 0 Å². The molecule has 4 amide bonds. The summed E-state index contributed by atoms with van der Waals surface area (Å²) in [6, 6.07) is 19.1. The number of hydrogen-bond acceptors (Lipinski definition) is 8. The van der Waals surface area contributed by atoms with Crippen molar-refractivity contribution in [1.29, 1.82) is 5.26 Å². The molecule has 0 atom stereocenters. The van der Waals surface area contributed by atoms with Gasteiger partial charge in [0, 0.05) is 92.4 Å². The highest BCUT2D eigenvalue weighted by Gasteiger charge is 2.64. The molecule has 4 aliphatic rings. The Kier molecular flexibility index (Phi) is 10.4. The number of aromatic nitrogens is 2. The maximum atomic E-state index is 13.5. The lowest BCUT2D eigenvalue weighted by Gasteiger charge is -2.63. The number of rotatable bonds is 9. The van der Waals surface area contributed by atoms with Crippen LogP contribution in [0.5, 0.6) is 5.75 Å². The molecule has 5 heterocycles. The number of benzene rings is 2. The Balaban J connectivity index is 0.800. The molecule has 298 valence electrons. The zero-order chi connectivity index (χ0) is 40.1. The van der Waals surface area contributed by atoms with Crippen LogP contribution in [0.15, 0.2) is 67.0 Å². The van der Waals surface area contributed by atoms with E-state index in [-0.39, 0.29) is 40.8 Å². The average molecular weight is 791 g/mol. The maximum Gasteiger partial charge on any atom is 0.328 e. The van der Waals surface area contributed by atoms with E-state index in [9.17, 15) is 19.6 Å². The SMILES string of the molecule is CC1(C)C(NC(=O)c2ccc(N3CCC(CN4CCC(n5ccc6c(N7CCC(=O)NC7=O)cccc65)CC4)CC3)nc2)C(C)(C)C1Oc1ccc(C#N)c(Cl)c1. The number of anilines is 2. The molecule has 4 fully saturated rings. The van der Waals surface area contributed by atoms with Crippen molar-refractivity contribution in [3.05, 3.63) is 83.1 Å². The van der Waals surface area contributed by atoms with Crippen molar-refractivity contribution in [3.8, 4) is 11.8 Å².